The molecule has 1 aromatic rings. The summed E-state index contributed by atoms with van der Waals surface area (Å²) in [6, 6.07) is 7.25. The summed E-state index contributed by atoms with van der Waals surface area (Å²) in [7, 11) is 0. The third-order valence-electron chi connectivity index (χ3n) is 3.14. The molecule has 1 N–H and O–H groups in total. The molecule has 0 saturated heterocycles. The van der Waals surface area contributed by atoms with E-state index in [1.54, 1.807) is 12.1 Å². The van der Waals surface area contributed by atoms with Crippen LogP contribution in [0.1, 0.15) is 44.0 Å². The molecule has 0 aliphatic heterocycles. The van der Waals surface area contributed by atoms with Crippen LogP contribution in [0.4, 0.5) is 0 Å². The highest BCUT2D eigenvalue weighted by molar-refractivity contribution is 9.09. The van der Waals surface area contributed by atoms with Crippen LogP contribution in [0.3, 0.4) is 0 Å². The lowest BCUT2D eigenvalue weighted by atomic mass is 9.88. The lowest BCUT2D eigenvalue weighted by Crippen LogP contribution is -2.34. The monoisotopic (exact) mass is 341 g/mol. The average Bonchev–Trinajstić information content (AvgIpc) is 2.44. The minimum absolute atomic E-state index is 0.0278. The fourth-order valence-electron chi connectivity index (χ4n) is 1.92. The molecule has 0 fully saturated rings. The minimum atomic E-state index is -0.0278. The molecular weight excluding hydrogens is 318 g/mol. The predicted octanol–water partition coefficient (Wildman–Crippen LogP) is 4.02. The molecule has 1 aromatic carbocycles. The first-order valence-electron chi connectivity index (χ1n) is 7.05. The number of nitrogens with one attached hydrogen (secondary N) is 1. The van der Waals surface area contributed by atoms with E-state index < -0.39 is 0 Å². The van der Waals surface area contributed by atoms with E-state index in [0.717, 1.165) is 23.9 Å². The van der Waals surface area contributed by atoms with Crippen molar-refractivity contribution >= 4 is 21.8 Å². The van der Waals surface area contributed by atoms with Gasteiger partial charge in [0.2, 0.25) is 0 Å². The van der Waals surface area contributed by atoms with Crippen LogP contribution >= 0.6 is 15.9 Å². The van der Waals surface area contributed by atoms with Gasteiger partial charge in [-0.05, 0) is 49.4 Å². The summed E-state index contributed by atoms with van der Waals surface area (Å²) in [5.74, 6) is 0.765. The van der Waals surface area contributed by atoms with Crippen molar-refractivity contribution in [2.45, 2.75) is 33.6 Å². The second-order valence-electron chi connectivity index (χ2n) is 5.60. The van der Waals surface area contributed by atoms with Crippen molar-refractivity contribution in [3.63, 3.8) is 0 Å². The maximum atomic E-state index is 12.1. The van der Waals surface area contributed by atoms with E-state index in [2.05, 4.69) is 35.1 Å². The van der Waals surface area contributed by atoms with Gasteiger partial charge in [0.15, 0.2) is 0 Å². The van der Waals surface area contributed by atoms with Crippen molar-refractivity contribution in [3.8, 4) is 5.75 Å². The molecule has 0 bridgehead atoms. The maximum Gasteiger partial charge on any atom is 0.251 e. The molecule has 20 heavy (non-hydrogen) atoms. The van der Waals surface area contributed by atoms with Gasteiger partial charge in [0.1, 0.15) is 5.75 Å². The molecule has 0 spiro atoms. The van der Waals surface area contributed by atoms with Gasteiger partial charge in [-0.15, -0.1) is 0 Å². The van der Waals surface area contributed by atoms with Gasteiger partial charge >= 0.3 is 0 Å². The van der Waals surface area contributed by atoms with Crippen LogP contribution in [0.15, 0.2) is 24.3 Å². The van der Waals surface area contributed by atoms with Crippen LogP contribution in [0.2, 0.25) is 0 Å². The zero-order valence-corrected chi connectivity index (χ0v) is 14.1. The van der Waals surface area contributed by atoms with E-state index in [0.29, 0.717) is 18.7 Å². The van der Waals surface area contributed by atoms with Crippen LogP contribution in [-0.4, -0.2) is 24.4 Å². The van der Waals surface area contributed by atoms with Gasteiger partial charge in [-0.1, -0.05) is 29.8 Å². The second-order valence-corrected chi connectivity index (χ2v) is 6.39. The molecule has 0 aromatic heterocycles. The average molecular weight is 342 g/mol. The third-order valence-corrected chi connectivity index (χ3v) is 3.70. The SMILES string of the molecule is CCOc1ccc(C(=O)NCC(C)(C)CCCBr)cc1. The fraction of sp³-hybridized carbons (Fsp3) is 0.562. The molecule has 0 saturated carbocycles. The Morgan fingerprint density at radius 3 is 2.50 bits per heavy atom. The molecule has 0 aliphatic rings. The molecule has 0 aliphatic carbocycles. The molecule has 4 heteroatoms. The van der Waals surface area contributed by atoms with Crippen molar-refractivity contribution in [2.75, 3.05) is 18.5 Å². The molecule has 0 radical (unpaired) electrons. The largest absolute Gasteiger partial charge is 0.494 e. The molecule has 1 amide bonds. The summed E-state index contributed by atoms with van der Waals surface area (Å²) < 4.78 is 5.36. The number of hydrogen-bond donors (Lipinski definition) is 1. The van der Waals surface area contributed by atoms with Crippen LogP contribution < -0.4 is 10.1 Å². The Kier molecular flexibility index (Phi) is 7.06. The Morgan fingerprint density at radius 1 is 1.30 bits per heavy atom. The number of rotatable bonds is 8. The van der Waals surface area contributed by atoms with Gasteiger partial charge in [0.25, 0.3) is 5.91 Å². The van der Waals surface area contributed by atoms with E-state index in [-0.39, 0.29) is 11.3 Å². The maximum absolute atomic E-state index is 12.1. The summed E-state index contributed by atoms with van der Waals surface area (Å²) in [6.07, 6.45) is 2.20. The summed E-state index contributed by atoms with van der Waals surface area (Å²) in [6.45, 7) is 7.61. The number of carbonyl (C=O) groups excluding carboxylic acids is 1. The van der Waals surface area contributed by atoms with Gasteiger partial charge in [-0.25, -0.2) is 0 Å². The summed E-state index contributed by atoms with van der Waals surface area (Å²) in [5, 5.41) is 4.01. The van der Waals surface area contributed by atoms with Crippen molar-refractivity contribution in [1.82, 2.24) is 5.32 Å². The van der Waals surface area contributed by atoms with Gasteiger partial charge < -0.3 is 10.1 Å². The molecule has 112 valence electrons. The Morgan fingerprint density at radius 2 is 1.95 bits per heavy atom. The van der Waals surface area contributed by atoms with Crippen molar-refractivity contribution in [3.05, 3.63) is 29.8 Å². The van der Waals surface area contributed by atoms with E-state index >= 15 is 0 Å². The zero-order chi connectivity index (χ0) is 15.0. The first-order valence-corrected chi connectivity index (χ1v) is 8.17. The number of hydrogen-bond acceptors (Lipinski definition) is 2. The smallest absolute Gasteiger partial charge is 0.251 e. The Bertz CT molecular complexity index is 415. The van der Waals surface area contributed by atoms with Crippen molar-refractivity contribution in [1.29, 1.82) is 0 Å². The van der Waals surface area contributed by atoms with Crippen LogP contribution in [-0.2, 0) is 0 Å². The highest BCUT2D eigenvalue weighted by atomic mass is 79.9. The number of amides is 1. The summed E-state index contributed by atoms with van der Waals surface area (Å²) in [4.78, 5) is 12.1. The zero-order valence-electron chi connectivity index (χ0n) is 12.5. The molecule has 0 unspecified atom stereocenters. The first kappa shape index (κ1) is 17.0. The van der Waals surface area contributed by atoms with Crippen LogP contribution in [0, 0.1) is 5.41 Å². The Labute approximate surface area is 130 Å². The number of ether oxygens (including phenoxy) is 1. The molecular formula is C16H24BrNO2. The van der Waals surface area contributed by atoms with Gasteiger partial charge in [0.05, 0.1) is 6.61 Å². The highest BCUT2D eigenvalue weighted by Crippen LogP contribution is 2.22. The lowest BCUT2D eigenvalue weighted by molar-refractivity contribution is 0.0934. The van der Waals surface area contributed by atoms with Gasteiger partial charge in [-0.2, -0.15) is 0 Å². The predicted molar refractivity (Wildman–Crippen MR) is 86.8 cm³/mol. The number of benzene rings is 1. The van der Waals surface area contributed by atoms with Crippen molar-refractivity contribution in [2.24, 2.45) is 5.41 Å². The standard InChI is InChI=1S/C16H24BrNO2/c1-4-20-14-8-6-13(7-9-14)15(19)18-12-16(2,3)10-5-11-17/h6-9H,4-5,10-12H2,1-3H3,(H,18,19). The van der Waals surface area contributed by atoms with E-state index in [1.807, 2.05) is 19.1 Å². The van der Waals surface area contributed by atoms with E-state index in [9.17, 15) is 4.79 Å². The first-order chi connectivity index (χ1) is 9.48. The molecule has 0 atom stereocenters. The number of alkyl halides is 1. The second kappa shape index (κ2) is 8.30. The molecule has 0 heterocycles. The Balaban J connectivity index is 2.49. The highest BCUT2D eigenvalue weighted by Gasteiger charge is 2.18. The quantitative estimate of drug-likeness (QED) is 0.725. The number of carbonyl (C=O) groups is 1. The van der Waals surface area contributed by atoms with E-state index in [1.165, 1.54) is 0 Å². The lowest BCUT2D eigenvalue weighted by Gasteiger charge is -2.24. The normalized spacial score (nSPS) is 11.2. The summed E-state index contributed by atoms with van der Waals surface area (Å²) in [5.41, 5.74) is 0.791. The number of halogens is 1. The van der Waals surface area contributed by atoms with E-state index in [4.69, 9.17) is 4.74 Å². The van der Waals surface area contributed by atoms with Crippen LogP contribution in [0.5, 0.6) is 5.75 Å². The molecule has 1 rings (SSSR count). The fourth-order valence-corrected chi connectivity index (χ4v) is 2.20. The van der Waals surface area contributed by atoms with Gasteiger partial charge in [-0.3, -0.25) is 4.79 Å². The van der Waals surface area contributed by atoms with Crippen LogP contribution in [0.25, 0.3) is 0 Å². The van der Waals surface area contributed by atoms with Gasteiger partial charge in [0, 0.05) is 17.4 Å². The van der Waals surface area contributed by atoms with Crippen molar-refractivity contribution < 1.29 is 9.53 Å². The molecule has 3 nitrogen and oxygen atoms in total. The third kappa shape index (κ3) is 5.95. The Hall–Kier alpha value is -1.03. The topological polar surface area (TPSA) is 38.3 Å². The minimum Gasteiger partial charge on any atom is -0.494 e. The summed E-state index contributed by atoms with van der Waals surface area (Å²) >= 11 is 3.44.